The molecule has 0 unspecified atom stereocenters. The minimum atomic E-state index is -0.284. The number of carbonyl (C=O) groups is 1. The fraction of sp³-hybridized carbons (Fsp3) is 0.412. The second-order valence-electron chi connectivity index (χ2n) is 6.11. The van der Waals surface area contributed by atoms with E-state index in [9.17, 15) is 4.79 Å². The number of ether oxygens (including phenoxy) is 1. The fourth-order valence-electron chi connectivity index (χ4n) is 2.72. The molecule has 8 heteroatoms. The summed E-state index contributed by atoms with van der Waals surface area (Å²) >= 11 is 6.15. The molecule has 0 saturated heterocycles. The third-order valence-electron chi connectivity index (χ3n) is 3.97. The van der Waals surface area contributed by atoms with Gasteiger partial charge in [-0.05, 0) is 44.9 Å². The lowest BCUT2D eigenvalue weighted by molar-refractivity contribution is 0.0799. The quantitative estimate of drug-likeness (QED) is 0.784. The maximum absolute atomic E-state index is 12.0. The molecular formula is C17H20ClN5O2. The molecule has 0 aromatic carbocycles. The Bertz CT molecular complexity index is 815. The first-order chi connectivity index (χ1) is 12.0. The van der Waals surface area contributed by atoms with Crippen molar-refractivity contribution in [3.63, 3.8) is 0 Å². The summed E-state index contributed by atoms with van der Waals surface area (Å²) in [5, 5.41) is 8.89. The maximum atomic E-state index is 12.0. The summed E-state index contributed by atoms with van der Waals surface area (Å²) in [5.74, 6) is 0. The lowest BCUT2D eigenvalue weighted by atomic mass is 10.0. The molecule has 3 rings (SSSR count). The number of pyridine rings is 1. The molecule has 0 radical (unpaired) electrons. The van der Waals surface area contributed by atoms with E-state index >= 15 is 0 Å². The van der Waals surface area contributed by atoms with Gasteiger partial charge in [-0.15, -0.1) is 5.10 Å². The lowest BCUT2D eigenvalue weighted by Gasteiger charge is -2.26. The van der Waals surface area contributed by atoms with Crippen LogP contribution in [0.15, 0.2) is 24.4 Å². The Balaban J connectivity index is 1.79. The van der Waals surface area contributed by atoms with Crippen molar-refractivity contribution in [1.29, 1.82) is 0 Å². The van der Waals surface area contributed by atoms with Gasteiger partial charge in [-0.1, -0.05) is 22.9 Å². The van der Waals surface area contributed by atoms with Crippen LogP contribution in [0.5, 0.6) is 0 Å². The van der Waals surface area contributed by atoms with E-state index in [1.807, 2.05) is 32.9 Å². The Hall–Kier alpha value is -2.41. The third kappa shape index (κ3) is 3.66. The molecule has 132 valence electrons. The predicted octanol–water partition coefficient (Wildman–Crippen LogP) is 3.26. The number of nitrogens with zero attached hydrogens (tertiary/aromatic N) is 5. The molecule has 0 saturated carbocycles. The van der Waals surface area contributed by atoms with Crippen LogP contribution in [0.2, 0.25) is 5.15 Å². The topological polar surface area (TPSA) is 73.1 Å². The average molecular weight is 362 g/mol. The summed E-state index contributed by atoms with van der Waals surface area (Å²) in [4.78, 5) is 17.7. The van der Waals surface area contributed by atoms with Gasteiger partial charge in [0.1, 0.15) is 11.4 Å². The van der Waals surface area contributed by atoms with E-state index in [4.69, 9.17) is 16.3 Å². The Morgan fingerprint density at radius 1 is 1.40 bits per heavy atom. The Morgan fingerprint density at radius 2 is 2.20 bits per heavy atom. The van der Waals surface area contributed by atoms with Gasteiger partial charge in [-0.3, -0.25) is 0 Å². The van der Waals surface area contributed by atoms with Crippen molar-refractivity contribution in [3.05, 3.63) is 40.9 Å². The molecule has 0 atom stereocenters. The molecule has 7 nitrogen and oxygen atoms in total. The van der Waals surface area contributed by atoms with E-state index in [1.165, 1.54) is 0 Å². The van der Waals surface area contributed by atoms with Crippen LogP contribution in [-0.2, 0) is 4.74 Å². The molecule has 0 N–H and O–H groups in total. The molecule has 3 heterocycles. The van der Waals surface area contributed by atoms with Crippen molar-refractivity contribution in [2.45, 2.75) is 33.3 Å². The van der Waals surface area contributed by atoms with Crippen molar-refractivity contribution in [1.82, 2.24) is 24.9 Å². The van der Waals surface area contributed by atoms with Crippen LogP contribution < -0.4 is 0 Å². The summed E-state index contributed by atoms with van der Waals surface area (Å²) in [6, 6.07) is 3.65. The predicted molar refractivity (Wildman–Crippen MR) is 94.7 cm³/mol. The van der Waals surface area contributed by atoms with Crippen molar-refractivity contribution < 1.29 is 9.53 Å². The number of carbonyl (C=O) groups excluding carboxylic acids is 1. The van der Waals surface area contributed by atoms with Gasteiger partial charge in [-0.25, -0.2) is 14.5 Å². The highest BCUT2D eigenvalue weighted by Crippen LogP contribution is 2.26. The normalized spacial score (nSPS) is 14.6. The van der Waals surface area contributed by atoms with E-state index in [1.54, 1.807) is 21.8 Å². The van der Waals surface area contributed by atoms with Gasteiger partial charge >= 0.3 is 6.09 Å². The number of hydrogen-bond acceptors (Lipinski definition) is 5. The number of aromatic nitrogens is 4. The second kappa shape index (κ2) is 7.23. The van der Waals surface area contributed by atoms with Gasteiger partial charge in [0.2, 0.25) is 0 Å². The van der Waals surface area contributed by atoms with Gasteiger partial charge in [0, 0.05) is 19.3 Å². The summed E-state index contributed by atoms with van der Waals surface area (Å²) < 4.78 is 6.92. The highest BCUT2D eigenvalue weighted by molar-refractivity contribution is 6.31. The van der Waals surface area contributed by atoms with E-state index in [0.717, 1.165) is 17.0 Å². The Morgan fingerprint density at radius 3 is 2.84 bits per heavy atom. The minimum Gasteiger partial charge on any atom is -0.447 e. The zero-order chi connectivity index (χ0) is 18.0. The van der Waals surface area contributed by atoms with Crippen molar-refractivity contribution in [3.8, 4) is 5.69 Å². The lowest BCUT2D eigenvalue weighted by Crippen LogP contribution is -2.36. The van der Waals surface area contributed by atoms with E-state index in [2.05, 4.69) is 15.3 Å². The highest BCUT2D eigenvalue weighted by Gasteiger charge is 2.23. The van der Waals surface area contributed by atoms with Crippen LogP contribution in [0.3, 0.4) is 0 Å². The molecule has 0 fully saturated rings. The number of rotatable bonds is 3. The molecule has 0 spiro atoms. The largest absolute Gasteiger partial charge is 0.447 e. The fourth-order valence-corrected chi connectivity index (χ4v) is 2.92. The van der Waals surface area contributed by atoms with Crippen LogP contribution >= 0.6 is 11.6 Å². The molecular weight excluding hydrogens is 342 g/mol. The van der Waals surface area contributed by atoms with Crippen LogP contribution in [-0.4, -0.2) is 50.2 Å². The Kier molecular flexibility index (Phi) is 5.03. The molecule has 2 aromatic heterocycles. The van der Waals surface area contributed by atoms with Crippen molar-refractivity contribution in [2.24, 2.45) is 0 Å². The van der Waals surface area contributed by atoms with Gasteiger partial charge in [0.05, 0.1) is 11.8 Å². The van der Waals surface area contributed by atoms with E-state index in [-0.39, 0.29) is 12.2 Å². The number of halogens is 1. The molecule has 1 amide bonds. The van der Waals surface area contributed by atoms with Crippen molar-refractivity contribution in [2.75, 3.05) is 13.1 Å². The molecule has 0 aliphatic carbocycles. The monoisotopic (exact) mass is 361 g/mol. The molecule has 25 heavy (non-hydrogen) atoms. The molecule has 1 aliphatic rings. The van der Waals surface area contributed by atoms with Gasteiger partial charge in [0.15, 0.2) is 5.15 Å². The summed E-state index contributed by atoms with van der Waals surface area (Å²) in [6.07, 6.45) is 3.93. The smallest absolute Gasteiger partial charge is 0.410 e. The van der Waals surface area contributed by atoms with Crippen LogP contribution in [0.4, 0.5) is 4.79 Å². The zero-order valence-electron chi connectivity index (χ0n) is 14.4. The minimum absolute atomic E-state index is 0.121. The Labute approximate surface area is 151 Å². The first kappa shape index (κ1) is 17.4. The summed E-state index contributed by atoms with van der Waals surface area (Å²) in [6.45, 7) is 6.72. The van der Waals surface area contributed by atoms with Gasteiger partial charge < -0.3 is 9.64 Å². The van der Waals surface area contributed by atoms with Gasteiger partial charge in [-0.2, -0.15) is 0 Å². The number of amides is 1. The van der Waals surface area contributed by atoms with E-state index in [0.29, 0.717) is 30.4 Å². The van der Waals surface area contributed by atoms with Crippen LogP contribution in [0, 0.1) is 6.92 Å². The maximum Gasteiger partial charge on any atom is 0.410 e. The SMILES string of the molecule is Cc1c(C2=CCN(C(=O)OC(C)C)CC2)nnn1-c1cccnc1Cl. The standard InChI is InChI=1S/C17H20ClN5O2/c1-11(2)25-17(24)22-9-6-13(7-10-22)15-12(3)23(21-20-15)14-5-4-8-19-16(14)18/h4-6,8,11H,7,9-10H2,1-3H3. The zero-order valence-corrected chi connectivity index (χ0v) is 15.2. The number of hydrogen-bond donors (Lipinski definition) is 0. The second-order valence-corrected chi connectivity index (χ2v) is 6.46. The van der Waals surface area contributed by atoms with Gasteiger partial charge in [0.25, 0.3) is 0 Å². The van der Waals surface area contributed by atoms with Crippen molar-refractivity contribution >= 4 is 23.3 Å². The summed E-state index contributed by atoms with van der Waals surface area (Å²) in [5.41, 5.74) is 3.47. The summed E-state index contributed by atoms with van der Waals surface area (Å²) in [7, 11) is 0. The highest BCUT2D eigenvalue weighted by atomic mass is 35.5. The average Bonchev–Trinajstić information content (AvgIpc) is 2.96. The first-order valence-corrected chi connectivity index (χ1v) is 8.53. The van der Waals surface area contributed by atoms with Crippen LogP contribution in [0.25, 0.3) is 11.3 Å². The van der Waals surface area contributed by atoms with E-state index < -0.39 is 0 Å². The first-order valence-electron chi connectivity index (χ1n) is 8.15. The molecule has 2 aromatic rings. The molecule has 1 aliphatic heterocycles. The van der Waals surface area contributed by atoms with Crippen LogP contribution in [0.1, 0.15) is 31.7 Å². The molecule has 0 bridgehead atoms. The third-order valence-corrected chi connectivity index (χ3v) is 4.26.